The van der Waals surface area contributed by atoms with Crippen LogP contribution in [-0.4, -0.2) is 30.1 Å². The fraction of sp³-hybridized carbons (Fsp3) is 0.200. The third kappa shape index (κ3) is 7.53. The molecule has 10 heteroatoms. The third-order valence-electron chi connectivity index (χ3n) is 5.18. The van der Waals surface area contributed by atoms with Gasteiger partial charge in [-0.15, -0.1) is 0 Å². The first-order valence-electron chi connectivity index (χ1n) is 11.1. The van der Waals surface area contributed by atoms with E-state index in [0.717, 1.165) is 6.42 Å². The molecule has 3 aromatic rings. The summed E-state index contributed by atoms with van der Waals surface area (Å²) in [5.74, 6) is -0.435. The van der Waals surface area contributed by atoms with Gasteiger partial charge in [0.15, 0.2) is 0 Å². The average Bonchev–Trinajstić information content (AvgIpc) is 2.85. The number of amides is 4. The van der Waals surface area contributed by atoms with Crippen molar-refractivity contribution in [2.45, 2.75) is 19.8 Å². The van der Waals surface area contributed by atoms with Crippen LogP contribution in [0.1, 0.15) is 18.9 Å². The molecule has 3 N–H and O–H groups in total. The van der Waals surface area contributed by atoms with E-state index in [1.807, 2.05) is 24.3 Å². The quantitative estimate of drug-likeness (QED) is 0.212. The number of benzene rings is 3. The second-order valence-corrected chi connectivity index (χ2v) is 7.65. The molecule has 0 heterocycles. The minimum Gasteiger partial charge on any atom is -0.338 e. The van der Waals surface area contributed by atoms with Crippen molar-refractivity contribution in [1.29, 1.82) is 0 Å². The summed E-state index contributed by atoms with van der Waals surface area (Å²) >= 11 is 0. The van der Waals surface area contributed by atoms with Gasteiger partial charge >= 0.3 is 12.1 Å². The third-order valence-corrected chi connectivity index (χ3v) is 5.18. The number of nitro benzene ring substituents is 1. The molecule has 0 aliphatic rings. The molecule has 3 rings (SSSR count). The van der Waals surface area contributed by atoms with Crippen LogP contribution in [0.3, 0.4) is 0 Å². The Morgan fingerprint density at radius 1 is 0.914 bits per heavy atom. The topological polar surface area (TPSA) is 117 Å². The van der Waals surface area contributed by atoms with Gasteiger partial charge in [0.1, 0.15) is 5.82 Å². The maximum atomic E-state index is 13.4. The van der Waals surface area contributed by atoms with Gasteiger partial charge in [-0.05, 0) is 66.9 Å². The van der Waals surface area contributed by atoms with Crippen LogP contribution in [0.5, 0.6) is 0 Å². The van der Waals surface area contributed by atoms with E-state index in [0.29, 0.717) is 30.0 Å². The number of hydrogen-bond donors (Lipinski definition) is 3. The Balaban J connectivity index is 1.57. The molecule has 35 heavy (non-hydrogen) atoms. The minimum absolute atomic E-state index is 0.0935. The van der Waals surface area contributed by atoms with E-state index in [9.17, 15) is 24.1 Å². The summed E-state index contributed by atoms with van der Waals surface area (Å²) in [5.41, 5.74) is 2.59. The molecule has 4 amide bonds. The molecule has 0 aromatic heterocycles. The van der Waals surface area contributed by atoms with Crippen molar-refractivity contribution in [2.75, 3.05) is 28.6 Å². The number of nitrogens with one attached hydrogen (secondary N) is 3. The molecule has 0 bridgehead atoms. The molecule has 0 atom stereocenters. The summed E-state index contributed by atoms with van der Waals surface area (Å²) in [7, 11) is 0. The largest absolute Gasteiger partial charge is 0.338 e. The van der Waals surface area contributed by atoms with Crippen LogP contribution in [-0.2, 0) is 6.42 Å². The highest BCUT2D eigenvalue weighted by molar-refractivity contribution is 6.01. The van der Waals surface area contributed by atoms with Crippen LogP contribution in [0.2, 0.25) is 0 Å². The molecule has 0 aliphatic carbocycles. The van der Waals surface area contributed by atoms with Crippen molar-refractivity contribution < 1.29 is 18.9 Å². The fourth-order valence-corrected chi connectivity index (χ4v) is 3.26. The van der Waals surface area contributed by atoms with Gasteiger partial charge < -0.3 is 16.0 Å². The number of nitrogens with zero attached hydrogens (tertiary/aromatic N) is 2. The lowest BCUT2D eigenvalue weighted by Gasteiger charge is -2.23. The Kier molecular flexibility index (Phi) is 8.71. The summed E-state index contributed by atoms with van der Waals surface area (Å²) < 4.78 is 13.4. The lowest BCUT2D eigenvalue weighted by molar-refractivity contribution is -0.384. The van der Waals surface area contributed by atoms with Gasteiger partial charge in [-0.3, -0.25) is 15.0 Å². The second kappa shape index (κ2) is 12.1. The number of hydrogen-bond acceptors (Lipinski definition) is 4. The molecular formula is C25H26FN5O4. The summed E-state index contributed by atoms with van der Waals surface area (Å²) in [6, 6.07) is 17.6. The first-order valence-corrected chi connectivity index (χ1v) is 11.1. The van der Waals surface area contributed by atoms with Gasteiger partial charge in [0, 0.05) is 42.3 Å². The number of urea groups is 2. The van der Waals surface area contributed by atoms with Crippen molar-refractivity contribution in [2.24, 2.45) is 0 Å². The zero-order chi connectivity index (χ0) is 25.2. The van der Waals surface area contributed by atoms with Gasteiger partial charge in [0.05, 0.1) is 4.92 Å². The SMILES string of the molecule is CCc1ccc(NC(=O)NCCCN(C(=O)Nc2ccc([N+](=O)[O-])cc2)c2ccc(F)cc2)cc1. The van der Waals surface area contributed by atoms with E-state index in [2.05, 4.69) is 22.9 Å². The summed E-state index contributed by atoms with van der Waals surface area (Å²) in [6.45, 7) is 2.58. The normalized spacial score (nSPS) is 10.3. The Morgan fingerprint density at radius 3 is 2.11 bits per heavy atom. The fourth-order valence-electron chi connectivity index (χ4n) is 3.26. The van der Waals surface area contributed by atoms with E-state index in [4.69, 9.17) is 0 Å². The molecule has 0 aliphatic heterocycles. The molecule has 0 radical (unpaired) electrons. The van der Waals surface area contributed by atoms with Crippen LogP contribution in [0, 0.1) is 15.9 Å². The smallest absolute Gasteiger partial charge is 0.326 e. The lowest BCUT2D eigenvalue weighted by atomic mass is 10.1. The molecule has 0 unspecified atom stereocenters. The molecule has 9 nitrogen and oxygen atoms in total. The number of nitro groups is 1. The van der Waals surface area contributed by atoms with E-state index in [-0.39, 0.29) is 18.3 Å². The number of anilines is 3. The highest BCUT2D eigenvalue weighted by Crippen LogP contribution is 2.19. The van der Waals surface area contributed by atoms with Gasteiger partial charge in [0.2, 0.25) is 0 Å². The first kappa shape index (κ1) is 25.2. The van der Waals surface area contributed by atoms with Crippen molar-refractivity contribution in [3.05, 3.63) is 94.3 Å². The number of non-ortho nitro benzene ring substituents is 1. The highest BCUT2D eigenvalue weighted by atomic mass is 19.1. The van der Waals surface area contributed by atoms with Crippen molar-refractivity contribution in [3.63, 3.8) is 0 Å². The number of halogens is 1. The van der Waals surface area contributed by atoms with Gasteiger partial charge in [-0.25, -0.2) is 14.0 Å². The zero-order valence-electron chi connectivity index (χ0n) is 19.2. The van der Waals surface area contributed by atoms with E-state index in [1.165, 1.54) is 59.0 Å². The number of aryl methyl sites for hydroxylation is 1. The van der Waals surface area contributed by atoms with Gasteiger partial charge in [-0.1, -0.05) is 19.1 Å². The highest BCUT2D eigenvalue weighted by Gasteiger charge is 2.17. The maximum absolute atomic E-state index is 13.4. The number of rotatable bonds is 9. The number of carbonyl (C=O) groups excluding carboxylic acids is 2. The standard InChI is InChI=1S/C25H26FN5O4/c1-2-18-4-8-20(9-5-18)28-24(32)27-16-3-17-30(22-12-6-19(26)7-13-22)25(33)29-21-10-14-23(15-11-21)31(34)35/h4-15H,2-3,16-17H2,1H3,(H,29,33)(H2,27,28,32). The van der Waals surface area contributed by atoms with Crippen molar-refractivity contribution in [1.82, 2.24) is 5.32 Å². The van der Waals surface area contributed by atoms with Gasteiger partial charge in [-0.2, -0.15) is 0 Å². The Hall–Kier alpha value is -4.47. The van der Waals surface area contributed by atoms with Crippen LogP contribution in [0.25, 0.3) is 0 Å². The molecular weight excluding hydrogens is 453 g/mol. The monoisotopic (exact) mass is 479 g/mol. The number of carbonyl (C=O) groups is 2. The van der Waals surface area contributed by atoms with Crippen LogP contribution in [0.4, 0.5) is 36.7 Å². The first-order chi connectivity index (χ1) is 16.9. The van der Waals surface area contributed by atoms with E-state index >= 15 is 0 Å². The average molecular weight is 480 g/mol. The van der Waals surface area contributed by atoms with Crippen LogP contribution < -0.4 is 20.9 Å². The van der Waals surface area contributed by atoms with Crippen molar-refractivity contribution in [3.8, 4) is 0 Å². The zero-order valence-corrected chi connectivity index (χ0v) is 19.2. The Bertz CT molecular complexity index is 1150. The Morgan fingerprint density at radius 2 is 1.51 bits per heavy atom. The second-order valence-electron chi connectivity index (χ2n) is 7.65. The van der Waals surface area contributed by atoms with E-state index in [1.54, 1.807) is 0 Å². The summed E-state index contributed by atoms with van der Waals surface area (Å²) in [4.78, 5) is 36.8. The maximum Gasteiger partial charge on any atom is 0.326 e. The summed E-state index contributed by atoms with van der Waals surface area (Å²) in [5, 5.41) is 19.0. The Labute approximate surface area is 202 Å². The van der Waals surface area contributed by atoms with E-state index < -0.39 is 16.8 Å². The predicted molar refractivity (Wildman–Crippen MR) is 133 cm³/mol. The van der Waals surface area contributed by atoms with Crippen molar-refractivity contribution >= 4 is 34.8 Å². The van der Waals surface area contributed by atoms with Gasteiger partial charge in [0.25, 0.3) is 5.69 Å². The molecule has 182 valence electrons. The molecule has 3 aromatic carbocycles. The van der Waals surface area contributed by atoms with Crippen LogP contribution >= 0.6 is 0 Å². The molecule has 0 spiro atoms. The molecule has 0 saturated heterocycles. The summed E-state index contributed by atoms with van der Waals surface area (Å²) in [6.07, 6.45) is 1.34. The minimum atomic E-state index is -0.528. The van der Waals surface area contributed by atoms with Crippen LogP contribution in [0.15, 0.2) is 72.8 Å². The molecule has 0 saturated carbocycles. The molecule has 0 fully saturated rings. The lowest BCUT2D eigenvalue weighted by Crippen LogP contribution is -2.38. The predicted octanol–water partition coefficient (Wildman–Crippen LogP) is 5.55.